The Morgan fingerprint density at radius 1 is 1.60 bits per heavy atom. The predicted octanol–water partition coefficient (Wildman–Crippen LogP) is 3.01. The summed E-state index contributed by atoms with van der Waals surface area (Å²) >= 11 is 1.41. The molecule has 0 aliphatic rings. The Morgan fingerprint density at radius 3 is 2.73 bits per heavy atom. The van der Waals surface area contributed by atoms with E-state index in [4.69, 9.17) is 4.74 Å². The van der Waals surface area contributed by atoms with Crippen molar-refractivity contribution in [1.29, 1.82) is 0 Å². The van der Waals surface area contributed by atoms with Gasteiger partial charge in [-0.1, -0.05) is 20.8 Å². The van der Waals surface area contributed by atoms with Crippen LogP contribution in [0.25, 0.3) is 0 Å². The van der Waals surface area contributed by atoms with Crippen molar-refractivity contribution in [3.8, 4) is 0 Å². The second-order valence-electron chi connectivity index (χ2n) is 4.13. The third kappa shape index (κ3) is 3.51. The van der Waals surface area contributed by atoms with Gasteiger partial charge in [-0.05, 0) is 6.92 Å². The Bertz CT molecular complexity index is 341. The van der Waals surface area contributed by atoms with Crippen molar-refractivity contribution in [3.63, 3.8) is 0 Å². The van der Waals surface area contributed by atoms with Crippen LogP contribution in [0.3, 0.4) is 0 Å². The SMILES string of the molecule is CCOC(=O)Nc1nc(C(C)(C)C)cs1. The van der Waals surface area contributed by atoms with Crippen molar-refractivity contribution in [1.82, 2.24) is 4.98 Å². The predicted molar refractivity (Wildman–Crippen MR) is 61.5 cm³/mol. The van der Waals surface area contributed by atoms with E-state index in [1.807, 2.05) is 5.38 Å². The lowest BCUT2D eigenvalue weighted by Crippen LogP contribution is -2.15. The number of nitrogens with zero attached hydrogens (tertiary/aromatic N) is 1. The molecule has 0 unspecified atom stereocenters. The molecule has 1 N–H and O–H groups in total. The highest BCUT2D eigenvalue weighted by Gasteiger charge is 2.18. The van der Waals surface area contributed by atoms with Gasteiger partial charge < -0.3 is 4.74 Å². The maximum absolute atomic E-state index is 11.1. The first-order valence-corrected chi connectivity index (χ1v) is 5.71. The van der Waals surface area contributed by atoms with Gasteiger partial charge in [0.2, 0.25) is 0 Å². The van der Waals surface area contributed by atoms with E-state index in [0.717, 1.165) is 5.69 Å². The minimum Gasteiger partial charge on any atom is -0.450 e. The molecule has 0 spiro atoms. The van der Waals surface area contributed by atoms with Gasteiger partial charge >= 0.3 is 6.09 Å². The summed E-state index contributed by atoms with van der Waals surface area (Å²) in [5.74, 6) is 0. The van der Waals surface area contributed by atoms with Crippen LogP contribution >= 0.6 is 11.3 Å². The van der Waals surface area contributed by atoms with Gasteiger partial charge in [0.05, 0.1) is 12.3 Å². The molecule has 0 saturated heterocycles. The van der Waals surface area contributed by atoms with Crippen LogP contribution < -0.4 is 5.32 Å². The van der Waals surface area contributed by atoms with Crippen molar-refractivity contribution >= 4 is 22.6 Å². The molecule has 1 rings (SSSR count). The van der Waals surface area contributed by atoms with Crippen LogP contribution in [0.2, 0.25) is 0 Å². The quantitative estimate of drug-likeness (QED) is 0.846. The lowest BCUT2D eigenvalue weighted by atomic mass is 9.93. The Kier molecular flexibility index (Phi) is 3.68. The standard InChI is InChI=1S/C10H16N2O2S/c1-5-14-9(13)12-8-11-7(6-15-8)10(2,3)4/h6H,5H2,1-4H3,(H,11,12,13). The van der Waals surface area contributed by atoms with Gasteiger partial charge in [0, 0.05) is 10.8 Å². The zero-order valence-corrected chi connectivity index (χ0v) is 10.3. The number of ether oxygens (including phenoxy) is 1. The average Bonchev–Trinajstić information content (AvgIpc) is 2.52. The highest BCUT2D eigenvalue weighted by Crippen LogP contribution is 2.26. The summed E-state index contributed by atoms with van der Waals surface area (Å²) in [4.78, 5) is 15.4. The van der Waals surface area contributed by atoms with E-state index in [2.05, 4.69) is 31.1 Å². The summed E-state index contributed by atoms with van der Waals surface area (Å²) in [5, 5.41) is 5.11. The van der Waals surface area contributed by atoms with Crippen LogP contribution in [-0.4, -0.2) is 17.7 Å². The summed E-state index contributed by atoms with van der Waals surface area (Å²) in [6.45, 7) is 8.37. The minimum atomic E-state index is -0.452. The molecule has 0 bridgehead atoms. The van der Waals surface area contributed by atoms with E-state index in [1.54, 1.807) is 6.92 Å². The topological polar surface area (TPSA) is 51.2 Å². The first-order valence-electron chi connectivity index (χ1n) is 4.83. The van der Waals surface area contributed by atoms with Gasteiger partial charge in [-0.2, -0.15) is 0 Å². The number of nitrogens with one attached hydrogen (secondary N) is 1. The fourth-order valence-electron chi connectivity index (χ4n) is 0.930. The normalized spacial score (nSPS) is 11.2. The molecule has 0 atom stereocenters. The van der Waals surface area contributed by atoms with Gasteiger partial charge in [-0.15, -0.1) is 11.3 Å². The third-order valence-corrected chi connectivity index (χ3v) is 2.51. The number of anilines is 1. The molecular formula is C10H16N2O2S. The highest BCUT2D eigenvalue weighted by atomic mass is 32.1. The van der Waals surface area contributed by atoms with Crippen molar-refractivity contribution in [2.45, 2.75) is 33.1 Å². The number of thiazole rings is 1. The van der Waals surface area contributed by atoms with Gasteiger partial charge in [-0.3, -0.25) is 5.32 Å². The lowest BCUT2D eigenvalue weighted by Gasteiger charge is -2.14. The Balaban J connectivity index is 2.65. The Morgan fingerprint density at radius 2 is 2.27 bits per heavy atom. The number of aromatic nitrogens is 1. The van der Waals surface area contributed by atoms with E-state index in [-0.39, 0.29) is 5.41 Å². The molecule has 1 heterocycles. The molecule has 4 nitrogen and oxygen atoms in total. The van der Waals surface area contributed by atoms with E-state index >= 15 is 0 Å². The smallest absolute Gasteiger partial charge is 0.413 e. The third-order valence-electron chi connectivity index (χ3n) is 1.76. The number of hydrogen-bond acceptors (Lipinski definition) is 4. The molecule has 15 heavy (non-hydrogen) atoms. The van der Waals surface area contributed by atoms with Crippen LogP contribution in [0.15, 0.2) is 5.38 Å². The summed E-state index contributed by atoms with van der Waals surface area (Å²) in [6, 6.07) is 0. The van der Waals surface area contributed by atoms with Gasteiger partial charge in [0.25, 0.3) is 0 Å². The molecule has 0 aromatic carbocycles. The van der Waals surface area contributed by atoms with Crippen LogP contribution in [0, 0.1) is 0 Å². The molecule has 1 amide bonds. The summed E-state index contributed by atoms with van der Waals surface area (Å²) < 4.78 is 4.76. The highest BCUT2D eigenvalue weighted by molar-refractivity contribution is 7.13. The number of carbonyl (C=O) groups excluding carboxylic acids is 1. The molecular weight excluding hydrogens is 212 g/mol. The van der Waals surface area contributed by atoms with E-state index in [9.17, 15) is 4.79 Å². The van der Waals surface area contributed by atoms with E-state index in [1.165, 1.54) is 11.3 Å². The fraction of sp³-hybridized carbons (Fsp3) is 0.600. The molecule has 0 saturated carbocycles. The number of hydrogen-bond donors (Lipinski definition) is 1. The lowest BCUT2D eigenvalue weighted by molar-refractivity contribution is 0.168. The first kappa shape index (κ1) is 12.0. The maximum Gasteiger partial charge on any atom is 0.413 e. The largest absolute Gasteiger partial charge is 0.450 e. The van der Waals surface area contributed by atoms with Gasteiger partial charge in [0.15, 0.2) is 5.13 Å². The molecule has 84 valence electrons. The molecule has 1 aromatic heterocycles. The average molecular weight is 228 g/mol. The second kappa shape index (κ2) is 4.61. The number of carbonyl (C=O) groups is 1. The Hall–Kier alpha value is -1.10. The maximum atomic E-state index is 11.1. The molecule has 1 aromatic rings. The second-order valence-corrected chi connectivity index (χ2v) is 4.99. The fourth-order valence-corrected chi connectivity index (χ4v) is 1.85. The summed E-state index contributed by atoms with van der Waals surface area (Å²) in [7, 11) is 0. The van der Waals surface area contributed by atoms with Gasteiger partial charge in [-0.25, -0.2) is 9.78 Å². The summed E-state index contributed by atoms with van der Waals surface area (Å²) in [6.07, 6.45) is -0.452. The molecule has 0 fully saturated rings. The zero-order chi connectivity index (χ0) is 11.5. The van der Waals surface area contributed by atoms with Crippen molar-refractivity contribution in [2.24, 2.45) is 0 Å². The monoisotopic (exact) mass is 228 g/mol. The van der Waals surface area contributed by atoms with Crippen LogP contribution in [0.4, 0.5) is 9.93 Å². The number of amides is 1. The van der Waals surface area contributed by atoms with Crippen LogP contribution in [-0.2, 0) is 10.2 Å². The zero-order valence-electron chi connectivity index (χ0n) is 9.46. The van der Waals surface area contributed by atoms with Crippen molar-refractivity contribution in [3.05, 3.63) is 11.1 Å². The van der Waals surface area contributed by atoms with E-state index in [0.29, 0.717) is 11.7 Å². The van der Waals surface area contributed by atoms with Gasteiger partial charge in [0.1, 0.15) is 0 Å². The Labute approximate surface area is 93.7 Å². The first-order chi connectivity index (χ1) is 6.93. The van der Waals surface area contributed by atoms with Crippen LogP contribution in [0.5, 0.6) is 0 Å². The molecule has 5 heteroatoms. The minimum absolute atomic E-state index is 0.00505. The molecule has 0 aliphatic heterocycles. The molecule has 0 aliphatic carbocycles. The van der Waals surface area contributed by atoms with Crippen molar-refractivity contribution in [2.75, 3.05) is 11.9 Å². The summed E-state index contributed by atoms with van der Waals surface area (Å²) in [5.41, 5.74) is 0.977. The van der Waals surface area contributed by atoms with Crippen molar-refractivity contribution < 1.29 is 9.53 Å². The van der Waals surface area contributed by atoms with Crippen LogP contribution in [0.1, 0.15) is 33.4 Å². The van der Waals surface area contributed by atoms with E-state index < -0.39 is 6.09 Å². The number of rotatable bonds is 2. The molecule has 0 radical (unpaired) electrons.